The molecule has 3 rings (SSSR count). The van der Waals surface area contributed by atoms with Crippen LogP contribution >= 0.6 is 23.2 Å². The average molecular weight is 367 g/mol. The summed E-state index contributed by atoms with van der Waals surface area (Å²) < 4.78 is 13.7. The molecule has 1 saturated heterocycles. The molecule has 0 N–H and O–H groups in total. The van der Waals surface area contributed by atoms with Gasteiger partial charge in [-0.3, -0.25) is 4.79 Å². The maximum Gasteiger partial charge on any atom is 0.227 e. The number of benzene rings is 2. The van der Waals surface area contributed by atoms with Crippen LogP contribution in [0.15, 0.2) is 42.5 Å². The molecule has 0 aliphatic carbocycles. The largest absolute Gasteiger partial charge is 0.367 e. The molecule has 24 heavy (non-hydrogen) atoms. The highest BCUT2D eigenvalue weighted by Crippen LogP contribution is 2.32. The standard InChI is InChI=1S/C18H17Cl2FN2O/c19-14-5-3-7-16(18(14)20)22-8-10-23(11-9-22)17(24)12-13-4-1-2-6-15(13)21/h1-7H,8-12H2. The predicted octanol–water partition coefficient (Wildman–Crippen LogP) is 4.02. The normalized spacial score (nSPS) is 14.8. The first-order valence-electron chi connectivity index (χ1n) is 7.76. The van der Waals surface area contributed by atoms with E-state index in [9.17, 15) is 9.18 Å². The molecular formula is C18H17Cl2FN2O. The molecule has 1 heterocycles. The lowest BCUT2D eigenvalue weighted by Gasteiger charge is -2.36. The third kappa shape index (κ3) is 3.65. The van der Waals surface area contributed by atoms with Gasteiger partial charge < -0.3 is 9.80 Å². The molecule has 2 aromatic rings. The molecule has 0 spiro atoms. The Morgan fingerprint density at radius 3 is 2.42 bits per heavy atom. The van der Waals surface area contributed by atoms with Crippen molar-refractivity contribution in [2.45, 2.75) is 6.42 Å². The second kappa shape index (κ2) is 7.41. The molecule has 1 amide bonds. The lowest BCUT2D eigenvalue weighted by molar-refractivity contribution is -0.130. The molecule has 6 heteroatoms. The van der Waals surface area contributed by atoms with Crippen LogP contribution in [0.25, 0.3) is 0 Å². The van der Waals surface area contributed by atoms with Crippen molar-refractivity contribution in [3.05, 3.63) is 63.9 Å². The fraction of sp³-hybridized carbons (Fsp3) is 0.278. The monoisotopic (exact) mass is 366 g/mol. The van der Waals surface area contributed by atoms with E-state index in [2.05, 4.69) is 4.90 Å². The highest BCUT2D eigenvalue weighted by molar-refractivity contribution is 6.43. The first-order valence-corrected chi connectivity index (χ1v) is 8.52. The Balaban J connectivity index is 1.62. The second-order valence-electron chi connectivity index (χ2n) is 5.71. The summed E-state index contributed by atoms with van der Waals surface area (Å²) >= 11 is 12.3. The summed E-state index contributed by atoms with van der Waals surface area (Å²) in [6, 6.07) is 11.9. The predicted molar refractivity (Wildman–Crippen MR) is 95.4 cm³/mol. The Kier molecular flexibility index (Phi) is 5.27. The van der Waals surface area contributed by atoms with Crippen LogP contribution in [0.2, 0.25) is 10.0 Å². The molecule has 0 aromatic heterocycles. The van der Waals surface area contributed by atoms with Crippen LogP contribution in [-0.4, -0.2) is 37.0 Å². The minimum absolute atomic E-state index is 0.0584. The summed E-state index contributed by atoms with van der Waals surface area (Å²) in [5.74, 6) is -0.396. The van der Waals surface area contributed by atoms with Crippen molar-refractivity contribution in [3.63, 3.8) is 0 Å². The van der Waals surface area contributed by atoms with Crippen molar-refractivity contribution in [3.8, 4) is 0 Å². The van der Waals surface area contributed by atoms with Gasteiger partial charge in [0.25, 0.3) is 0 Å². The first kappa shape index (κ1) is 17.1. The van der Waals surface area contributed by atoms with Crippen LogP contribution in [0, 0.1) is 5.82 Å². The van der Waals surface area contributed by atoms with E-state index in [0.717, 1.165) is 5.69 Å². The van der Waals surface area contributed by atoms with E-state index in [1.54, 1.807) is 29.2 Å². The van der Waals surface area contributed by atoms with Gasteiger partial charge in [0.2, 0.25) is 5.91 Å². The molecule has 0 unspecified atom stereocenters. The van der Waals surface area contributed by atoms with E-state index in [1.165, 1.54) is 6.07 Å². The minimum atomic E-state index is -0.338. The van der Waals surface area contributed by atoms with E-state index in [0.29, 0.717) is 41.8 Å². The molecule has 1 aliphatic rings. The smallest absolute Gasteiger partial charge is 0.227 e. The van der Waals surface area contributed by atoms with Gasteiger partial charge in [0.05, 0.1) is 22.2 Å². The van der Waals surface area contributed by atoms with Crippen molar-refractivity contribution in [1.82, 2.24) is 4.90 Å². The Hall–Kier alpha value is -1.78. The zero-order valence-corrected chi connectivity index (χ0v) is 14.5. The zero-order valence-electron chi connectivity index (χ0n) is 13.0. The number of carbonyl (C=O) groups excluding carboxylic acids is 1. The van der Waals surface area contributed by atoms with Crippen molar-refractivity contribution in [2.24, 2.45) is 0 Å². The SMILES string of the molecule is O=C(Cc1ccccc1F)N1CCN(c2cccc(Cl)c2Cl)CC1. The number of halogens is 3. The van der Waals surface area contributed by atoms with Gasteiger partial charge in [0.15, 0.2) is 0 Å². The van der Waals surface area contributed by atoms with Crippen molar-refractivity contribution >= 4 is 34.8 Å². The van der Waals surface area contributed by atoms with Crippen LogP contribution < -0.4 is 4.90 Å². The summed E-state index contributed by atoms with van der Waals surface area (Å²) in [7, 11) is 0. The molecule has 2 aromatic carbocycles. The molecular weight excluding hydrogens is 350 g/mol. The molecule has 1 aliphatic heterocycles. The number of hydrogen-bond acceptors (Lipinski definition) is 2. The highest BCUT2D eigenvalue weighted by Gasteiger charge is 2.23. The van der Waals surface area contributed by atoms with Crippen LogP contribution in [0.3, 0.4) is 0 Å². The molecule has 126 valence electrons. The van der Waals surface area contributed by atoms with Gasteiger partial charge in [0, 0.05) is 26.2 Å². The fourth-order valence-corrected chi connectivity index (χ4v) is 3.26. The quantitative estimate of drug-likeness (QED) is 0.818. The van der Waals surface area contributed by atoms with E-state index in [4.69, 9.17) is 23.2 Å². The average Bonchev–Trinajstić information content (AvgIpc) is 2.59. The number of carbonyl (C=O) groups is 1. The number of nitrogens with zero attached hydrogens (tertiary/aromatic N) is 2. The number of hydrogen-bond donors (Lipinski definition) is 0. The van der Waals surface area contributed by atoms with Gasteiger partial charge in [-0.25, -0.2) is 4.39 Å². The van der Waals surface area contributed by atoms with E-state index in [-0.39, 0.29) is 18.1 Å². The van der Waals surface area contributed by atoms with E-state index < -0.39 is 0 Å². The first-order chi connectivity index (χ1) is 11.6. The number of piperazine rings is 1. The summed E-state index contributed by atoms with van der Waals surface area (Å²) in [4.78, 5) is 16.3. The number of amides is 1. The lowest BCUT2D eigenvalue weighted by atomic mass is 10.1. The Morgan fingerprint density at radius 2 is 1.71 bits per heavy atom. The van der Waals surface area contributed by atoms with E-state index in [1.807, 2.05) is 12.1 Å². The molecule has 0 radical (unpaired) electrons. The van der Waals surface area contributed by atoms with Gasteiger partial charge in [-0.1, -0.05) is 47.5 Å². The third-order valence-corrected chi connectivity index (χ3v) is 5.01. The lowest BCUT2D eigenvalue weighted by Crippen LogP contribution is -2.49. The van der Waals surface area contributed by atoms with Gasteiger partial charge >= 0.3 is 0 Å². The second-order valence-corrected chi connectivity index (χ2v) is 6.49. The maximum atomic E-state index is 13.7. The molecule has 0 bridgehead atoms. The number of anilines is 1. The highest BCUT2D eigenvalue weighted by atomic mass is 35.5. The van der Waals surface area contributed by atoms with Crippen molar-refractivity contribution < 1.29 is 9.18 Å². The van der Waals surface area contributed by atoms with Gasteiger partial charge in [-0.2, -0.15) is 0 Å². The van der Waals surface area contributed by atoms with E-state index >= 15 is 0 Å². The van der Waals surface area contributed by atoms with Crippen LogP contribution in [0.1, 0.15) is 5.56 Å². The van der Waals surface area contributed by atoms with Crippen molar-refractivity contribution in [1.29, 1.82) is 0 Å². The minimum Gasteiger partial charge on any atom is -0.367 e. The summed E-state index contributed by atoms with van der Waals surface area (Å²) in [5.41, 5.74) is 1.31. The Bertz CT molecular complexity index is 746. The molecule has 0 atom stereocenters. The van der Waals surface area contributed by atoms with Gasteiger partial charge in [-0.05, 0) is 23.8 Å². The molecule has 0 saturated carbocycles. The summed E-state index contributed by atoms with van der Waals surface area (Å²) in [6.07, 6.45) is 0.0879. The van der Waals surface area contributed by atoms with Crippen molar-refractivity contribution in [2.75, 3.05) is 31.1 Å². The molecule has 3 nitrogen and oxygen atoms in total. The van der Waals surface area contributed by atoms with Gasteiger partial charge in [0.1, 0.15) is 5.82 Å². The Morgan fingerprint density at radius 1 is 1.00 bits per heavy atom. The third-order valence-electron chi connectivity index (χ3n) is 4.20. The van der Waals surface area contributed by atoms with Crippen LogP contribution in [-0.2, 0) is 11.2 Å². The number of rotatable bonds is 3. The van der Waals surface area contributed by atoms with Gasteiger partial charge in [-0.15, -0.1) is 0 Å². The topological polar surface area (TPSA) is 23.6 Å². The fourth-order valence-electron chi connectivity index (χ4n) is 2.85. The zero-order chi connectivity index (χ0) is 17.1. The summed E-state index contributed by atoms with van der Waals surface area (Å²) in [5, 5.41) is 1.05. The summed E-state index contributed by atoms with van der Waals surface area (Å²) in [6.45, 7) is 2.50. The van der Waals surface area contributed by atoms with Crippen LogP contribution in [0.5, 0.6) is 0 Å². The Labute approximate surface area is 150 Å². The molecule has 1 fully saturated rings. The maximum absolute atomic E-state index is 13.7. The van der Waals surface area contributed by atoms with Crippen LogP contribution in [0.4, 0.5) is 10.1 Å².